The minimum atomic E-state index is -0.678. The van der Waals surface area contributed by atoms with Crippen LogP contribution in [0.25, 0.3) is 0 Å². The molecule has 3 nitrogen and oxygen atoms in total. The quantitative estimate of drug-likeness (QED) is 0.899. The summed E-state index contributed by atoms with van der Waals surface area (Å²) in [5.41, 5.74) is -0.199. The summed E-state index contributed by atoms with van der Waals surface area (Å²) < 4.78 is 13.4. The third kappa shape index (κ3) is 2.56. The van der Waals surface area contributed by atoms with Gasteiger partial charge in [0.2, 0.25) is 0 Å². The summed E-state index contributed by atoms with van der Waals surface area (Å²) in [6.45, 7) is 0. The Bertz CT molecular complexity index is 474. The van der Waals surface area contributed by atoms with Gasteiger partial charge in [0.1, 0.15) is 11.9 Å². The Morgan fingerprint density at radius 1 is 1.59 bits per heavy atom. The molecule has 1 aromatic carbocycles. The third-order valence-corrected chi connectivity index (χ3v) is 3.02. The molecule has 0 aliphatic heterocycles. The normalized spacial score (nSPS) is 16.1. The summed E-state index contributed by atoms with van der Waals surface area (Å²) in [7, 11) is 0. The predicted molar refractivity (Wildman–Crippen MR) is 61.0 cm³/mol. The van der Waals surface area contributed by atoms with Crippen LogP contribution in [-0.2, 0) is 0 Å². The van der Waals surface area contributed by atoms with E-state index in [1.54, 1.807) is 0 Å². The fraction of sp³-hybridized carbons (Fsp3) is 0.333. The van der Waals surface area contributed by atoms with Crippen molar-refractivity contribution in [3.63, 3.8) is 0 Å². The maximum atomic E-state index is 13.4. The van der Waals surface area contributed by atoms with Crippen molar-refractivity contribution < 1.29 is 9.18 Å². The molecule has 5 heteroatoms. The predicted octanol–water partition coefficient (Wildman–Crippen LogP) is 2.51. The molecule has 1 amide bonds. The van der Waals surface area contributed by atoms with E-state index in [0.717, 1.165) is 12.8 Å². The van der Waals surface area contributed by atoms with E-state index in [2.05, 4.69) is 5.32 Å². The number of benzene rings is 1. The molecule has 2 rings (SSSR count). The zero-order valence-corrected chi connectivity index (χ0v) is 9.67. The largest absolute Gasteiger partial charge is 0.336 e. The van der Waals surface area contributed by atoms with Crippen LogP contribution in [0, 0.1) is 23.1 Å². The van der Waals surface area contributed by atoms with Crippen molar-refractivity contribution in [1.29, 1.82) is 5.26 Å². The molecule has 0 spiro atoms. The summed E-state index contributed by atoms with van der Waals surface area (Å²) in [6, 6.07) is 5.49. The van der Waals surface area contributed by atoms with Crippen LogP contribution in [0.4, 0.5) is 4.39 Å². The SMILES string of the molecule is N#CC(NC(=O)c1c(F)cccc1Cl)C1CC1. The van der Waals surface area contributed by atoms with Crippen LogP contribution in [0.1, 0.15) is 23.2 Å². The highest BCUT2D eigenvalue weighted by Gasteiger charge is 2.33. The van der Waals surface area contributed by atoms with E-state index >= 15 is 0 Å². The van der Waals surface area contributed by atoms with Crippen molar-refractivity contribution in [2.24, 2.45) is 5.92 Å². The first-order valence-electron chi connectivity index (χ1n) is 5.28. The summed E-state index contributed by atoms with van der Waals surface area (Å²) in [4.78, 5) is 11.8. The Labute approximate surface area is 103 Å². The summed E-state index contributed by atoms with van der Waals surface area (Å²) in [5.74, 6) is -1.12. The topological polar surface area (TPSA) is 52.9 Å². The highest BCUT2D eigenvalue weighted by atomic mass is 35.5. The molecule has 1 aliphatic rings. The van der Waals surface area contributed by atoms with Gasteiger partial charge in [-0.15, -0.1) is 0 Å². The molecule has 1 N–H and O–H groups in total. The second-order valence-electron chi connectivity index (χ2n) is 4.01. The molecule has 0 radical (unpaired) electrons. The van der Waals surface area contributed by atoms with Gasteiger partial charge in [0.15, 0.2) is 0 Å². The zero-order valence-electron chi connectivity index (χ0n) is 8.91. The van der Waals surface area contributed by atoms with Crippen LogP contribution in [0.5, 0.6) is 0 Å². The van der Waals surface area contributed by atoms with Crippen LogP contribution in [0.2, 0.25) is 5.02 Å². The first-order chi connectivity index (χ1) is 8.13. The Balaban J connectivity index is 2.17. The molecule has 1 unspecified atom stereocenters. The number of hydrogen-bond acceptors (Lipinski definition) is 2. The van der Waals surface area contributed by atoms with Crippen LogP contribution in [0.3, 0.4) is 0 Å². The minimum absolute atomic E-state index is 0.0509. The van der Waals surface area contributed by atoms with Crippen molar-refractivity contribution in [3.8, 4) is 6.07 Å². The lowest BCUT2D eigenvalue weighted by molar-refractivity contribution is 0.0938. The maximum absolute atomic E-state index is 13.4. The number of carbonyl (C=O) groups is 1. The molecule has 0 saturated heterocycles. The van der Waals surface area contributed by atoms with Gasteiger partial charge in [0, 0.05) is 0 Å². The Hall–Kier alpha value is -1.60. The molecule has 0 heterocycles. The fourth-order valence-electron chi connectivity index (χ4n) is 1.61. The molecule has 1 atom stereocenters. The number of rotatable bonds is 3. The van der Waals surface area contributed by atoms with Gasteiger partial charge >= 0.3 is 0 Å². The second kappa shape index (κ2) is 4.72. The average molecular weight is 253 g/mol. The number of amides is 1. The molecular formula is C12H10ClFN2O. The molecule has 1 aromatic rings. The van der Waals surface area contributed by atoms with Crippen molar-refractivity contribution in [2.45, 2.75) is 18.9 Å². The minimum Gasteiger partial charge on any atom is -0.336 e. The highest BCUT2D eigenvalue weighted by molar-refractivity contribution is 6.33. The first-order valence-corrected chi connectivity index (χ1v) is 5.65. The molecule has 1 fully saturated rings. The van der Waals surface area contributed by atoms with Gasteiger partial charge in [-0.2, -0.15) is 5.26 Å². The molecule has 0 bridgehead atoms. The van der Waals surface area contributed by atoms with E-state index in [4.69, 9.17) is 16.9 Å². The van der Waals surface area contributed by atoms with Crippen LogP contribution in [-0.4, -0.2) is 11.9 Å². The van der Waals surface area contributed by atoms with Crippen molar-refractivity contribution in [2.75, 3.05) is 0 Å². The van der Waals surface area contributed by atoms with Crippen molar-refractivity contribution in [3.05, 3.63) is 34.6 Å². The Kier molecular flexibility index (Phi) is 3.30. The molecule has 0 aromatic heterocycles. The standard InChI is InChI=1S/C12H10ClFN2O/c13-8-2-1-3-9(14)11(8)12(17)16-10(6-15)7-4-5-7/h1-3,7,10H,4-5H2,(H,16,17). The average Bonchev–Trinajstić information content (AvgIpc) is 3.09. The maximum Gasteiger partial charge on any atom is 0.256 e. The molecule has 1 aliphatic carbocycles. The van der Waals surface area contributed by atoms with E-state index < -0.39 is 17.8 Å². The molecule has 88 valence electrons. The molecule has 1 saturated carbocycles. The van der Waals surface area contributed by atoms with Gasteiger partial charge in [-0.05, 0) is 30.9 Å². The molecular weight excluding hydrogens is 243 g/mol. The molecule has 17 heavy (non-hydrogen) atoms. The van der Waals surface area contributed by atoms with Crippen LogP contribution in [0.15, 0.2) is 18.2 Å². The van der Waals surface area contributed by atoms with Crippen LogP contribution < -0.4 is 5.32 Å². The van der Waals surface area contributed by atoms with Gasteiger partial charge in [-0.1, -0.05) is 17.7 Å². The second-order valence-corrected chi connectivity index (χ2v) is 4.42. The van der Waals surface area contributed by atoms with Crippen molar-refractivity contribution in [1.82, 2.24) is 5.32 Å². The number of halogens is 2. The number of nitrogens with one attached hydrogen (secondary N) is 1. The number of carbonyl (C=O) groups excluding carboxylic acids is 1. The first kappa shape index (κ1) is 11.9. The lowest BCUT2D eigenvalue weighted by atomic mass is 10.1. The lowest BCUT2D eigenvalue weighted by Gasteiger charge is -2.11. The summed E-state index contributed by atoms with van der Waals surface area (Å²) in [5, 5.41) is 11.4. The van der Waals surface area contributed by atoms with E-state index in [-0.39, 0.29) is 16.5 Å². The number of hydrogen-bond donors (Lipinski definition) is 1. The highest BCUT2D eigenvalue weighted by Crippen LogP contribution is 2.32. The van der Waals surface area contributed by atoms with Gasteiger partial charge in [-0.3, -0.25) is 4.79 Å². The van der Waals surface area contributed by atoms with E-state index in [9.17, 15) is 9.18 Å². The van der Waals surface area contributed by atoms with Gasteiger partial charge < -0.3 is 5.32 Å². The third-order valence-electron chi connectivity index (χ3n) is 2.71. The Morgan fingerprint density at radius 2 is 2.29 bits per heavy atom. The summed E-state index contributed by atoms with van der Waals surface area (Å²) in [6.07, 6.45) is 1.84. The number of nitrogens with zero attached hydrogens (tertiary/aromatic N) is 1. The number of nitriles is 1. The fourth-order valence-corrected chi connectivity index (χ4v) is 1.86. The van der Waals surface area contributed by atoms with Gasteiger partial charge in [0.25, 0.3) is 5.91 Å². The van der Waals surface area contributed by atoms with E-state index in [1.165, 1.54) is 18.2 Å². The Morgan fingerprint density at radius 3 is 2.82 bits per heavy atom. The van der Waals surface area contributed by atoms with Gasteiger partial charge in [0.05, 0.1) is 16.7 Å². The van der Waals surface area contributed by atoms with Crippen molar-refractivity contribution >= 4 is 17.5 Å². The zero-order chi connectivity index (χ0) is 12.4. The van der Waals surface area contributed by atoms with Gasteiger partial charge in [-0.25, -0.2) is 4.39 Å². The summed E-state index contributed by atoms with van der Waals surface area (Å²) >= 11 is 5.76. The van der Waals surface area contributed by atoms with Crippen LogP contribution >= 0.6 is 11.6 Å². The van der Waals surface area contributed by atoms with E-state index in [1.807, 2.05) is 6.07 Å². The van der Waals surface area contributed by atoms with E-state index in [0.29, 0.717) is 0 Å². The lowest BCUT2D eigenvalue weighted by Crippen LogP contribution is -2.35. The monoisotopic (exact) mass is 252 g/mol. The smallest absolute Gasteiger partial charge is 0.256 e.